The molecule has 0 amide bonds. The van der Waals surface area contributed by atoms with Crippen molar-refractivity contribution in [2.24, 2.45) is 7.05 Å². The van der Waals surface area contributed by atoms with Gasteiger partial charge in [-0.3, -0.25) is 4.79 Å². The minimum atomic E-state index is -0.514. The molecule has 2 aromatic rings. The van der Waals surface area contributed by atoms with Gasteiger partial charge in [0.05, 0.1) is 16.8 Å². The number of hydrogen-bond acceptors (Lipinski definition) is 2. The van der Waals surface area contributed by atoms with Crippen LogP contribution in [0.1, 0.15) is 18.5 Å². The Morgan fingerprint density at radius 3 is 2.60 bits per heavy atom. The summed E-state index contributed by atoms with van der Waals surface area (Å²) in [5, 5.41) is 3.54. The van der Waals surface area contributed by atoms with Gasteiger partial charge in [0, 0.05) is 24.3 Å². The Labute approximate surface area is 125 Å². The molecular weight excluding hydrogens is 302 g/mol. The molecule has 1 atom stereocenters. The fraction of sp³-hybridized carbons (Fsp3) is 0.214. The van der Waals surface area contributed by atoms with Gasteiger partial charge in [0.1, 0.15) is 5.82 Å². The molecule has 1 aromatic heterocycles. The topological polar surface area (TPSA) is 34.0 Å². The van der Waals surface area contributed by atoms with Crippen LogP contribution in [0.3, 0.4) is 0 Å². The fourth-order valence-electron chi connectivity index (χ4n) is 1.88. The highest BCUT2D eigenvalue weighted by Crippen LogP contribution is 2.30. The molecule has 0 spiro atoms. The number of nitrogens with one attached hydrogen (secondary N) is 1. The van der Waals surface area contributed by atoms with E-state index in [1.54, 1.807) is 19.3 Å². The fourth-order valence-corrected chi connectivity index (χ4v) is 2.42. The summed E-state index contributed by atoms with van der Waals surface area (Å²) < 4.78 is 15.0. The Morgan fingerprint density at radius 2 is 1.95 bits per heavy atom. The van der Waals surface area contributed by atoms with Crippen LogP contribution in [-0.4, -0.2) is 4.57 Å². The Kier molecular flexibility index (Phi) is 4.35. The lowest BCUT2D eigenvalue weighted by Crippen LogP contribution is -2.16. The second-order valence-electron chi connectivity index (χ2n) is 4.52. The van der Waals surface area contributed by atoms with E-state index >= 15 is 0 Å². The number of nitrogens with zero attached hydrogens (tertiary/aromatic N) is 1. The standard InChI is InChI=1S/C14H13Cl2FN2O/c1-8(10-5-13(17)12(16)6-11(10)15)18-9-3-4-14(20)19(2)7-9/h3-8,18H,1-2H3. The number of anilines is 1. The van der Waals surface area contributed by atoms with Gasteiger partial charge in [-0.2, -0.15) is 0 Å². The summed E-state index contributed by atoms with van der Waals surface area (Å²) in [6.45, 7) is 1.85. The average Bonchev–Trinajstić information content (AvgIpc) is 2.38. The molecule has 6 heteroatoms. The lowest BCUT2D eigenvalue weighted by Gasteiger charge is -2.18. The summed E-state index contributed by atoms with van der Waals surface area (Å²) in [5.41, 5.74) is 1.24. The Hall–Kier alpha value is -1.52. The third-order valence-corrected chi connectivity index (χ3v) is 3.59. The lowest BCUT2D eigenvalue weighted by molar-refractivity contribution is 0.624. The van der Waals surface area contributed by atoms with E-state index < -0.39 is 5.82 Å². The predicted molar refractivity (Wildman–Crippen MR) is 80.1 cm³/mol. The summed E-state index contributed by atoms with van der Waals surface area (Å²) in [6.07, 6.45) is 1.67. The largest absolute Gasteiger partial charge is 0.377 e. The molecule has 106 valence electrons. The van der Waals surface area contributed by atoms with E-state index in [1.807, 2.05) is 6.92 Å². The minimum absolute atomic E-state index is 0.00643. The van der Waals surface area contributed by atoms with E-state index in [0.717, 1.165) is 5.69 Å². The molecule has 0 radical (unpaired) electrons. The summed E-state index contributed by atoms with van der Waals surface area (Å²) in [6, 6.07) is 5.58. The van der Waals surface area contributed by atoms with Crippen molar-refractivity contribution in [2.75, 3.05) is 5.32 Å². The number of benzene rings is 1. The molecule has 0 bridgehead atoms. The molecule has 0 aliphatic rings. The second-order valence-corrected chi connectivity index (χ2v) is 5.34. The van der Waals surface area contributed by atoms with Gasteiger partial charge in [-0.05, 0) is 30.7 Å². The van der Waals surface area contributed by atoms with E-state index in [-0.39, 0.29) is 16.6 Å². The first-order valence-corrected chi connectivity index (χ1v) is 6.71. The molecule has 0 saturated heterocycles. The second kappa shape index (κ2) is 5.85. The predicted octanol–water partition coefficient (Wildman–Crippen LogP) is 4.00. The smallest absolute Gasteiger partial charge is 0.250 e. The number of halogens is 3. The maximum atomic E-state index is 13.5. The first kappa shape index (κ1) is 14.9. The zero-order valence-corrected chi connectivity index (χ0v) is 12.5. The highest BCUT2D eigenvalue weighted by molar-refractivity contribution is 6.35. The first-order valence-electron chi connectivity index (χ1n) is 5.96. The number of pyridine rings is 1. The molecule has 3 nitrogen and oxygen atoms in total. The zero-order valence-electron chi connectivity index (χ0n) is 11.0. The quantitative estimate of drug-likeness (QED) is 0.869. The molecule has 1 unspecified atom stereocenters. The van der Waals surface area contributed by atoms with Crippen LogP contribution in [0.15, 0.2) is 35.3 Å². The number of hydrogen-bond donors (Lipinski definition) is 1. The van der Waals surface area contributed by atoms with Crippen LogP contribution in [0.2, 0.25) is 10.0 Å². The number of rotatable bonds is 3. The molecule has 0 aliphatic carbocycles. The Morgan fingerprint density at radius 1 is 1.25 bits per heavy atom. The summed E-state index contributed by atoms with van der Waals surface area (Å²) >= 11 is 11.7. The van der Waals surface area contributed by atoms with Gasteiger partial charge in [-0.15, -0.1) is 0 Å². The molecular formula is C14H13Cl2FN2O. The lowest BCUT2D eigenvalue weighted by atomic mass is 10.1. The number of aryl methyl sites for hydroxylation is 1. The molecule has 0 fully saturated rings. The van der Waals surface area contributed by atoms with Crippen molar-refractivity contribution in [3.05, 3.63) is 62.2 Å². The van der Waals surface area contributed by atoms with Crippen molar-refractivity contribution >= 4 is 28.9 Å². The highest BCUT2D eigenvalue weighted by atomic mass is 35.5. The van der Waals surface area contributed by atoms with E-state index in [4.69, 9.17) is 23.2 Å². The van der Waals surface area contributed by atoms with Crippen molar-refractivity contribution in [1.29, 1.82) is 0 Å². The van der Waals surface area contributed by atoms with Gasteiger partial charge in [0.2, 0.25) is 5.56 Å². The molecule has 1 N–H and O–H groups in total. The van der Waals surface area contributed by atoms with Crippen molar-refractivity contribution < 1.29 is 4.39 Å². The molecule has 0 saturated carbocycles. The van der Waals surface area contributed by atoms with Gasteiger partial charge in [0.25, 0.3) is 0 Å². The van der Waals surface area contributed by atoms with Gasteiger partial charge in [-0.1, -0.05) is 23.2 Å². The van der Waals surface area contributed by atoms with E-state index in [0.29, 0.717) is 10.6 Å². The summed E-state index contributed by atoms with van der Waals surface area (Å²) in [7, 11) is 1.66. The first-order chi connectivity index (χ1) is 9.38. The van der Waals surface area contributed by atoms with Crippen LogP contribution in [0.25, 0.3) is 0 Å². The normalized spacial score (nSPS) is 12.2. The van der Waals surface area contributed by atoms with Gasteiger partial charge < -0.3 is 9.88 Å². The number of aromatic nitrogens is 1. The van der Waals surface area contributed by atoms with Crippen molar-refractivity contribution in [2.45, 2.75) is 13.0 Å². The van der Waals surface area contributed by atoms with Crippen LogP contribution in [0, 0.1) is 5.82 Å². The third kappa shape index (κ3) is 3.14. The zero-order chi connectivity index (χ0) is 14.9. The van der Waals surface area contributed by atoms with Crippen LogP contribution in [0.5, 0.6) is 0 Å². The average molecular weight is 315 g/mol. The van der Waals surface area contributed by atoms with Gasteiger partial charge >= 0.3 is 0 Å². The third-order valence-electron chi connectivity index (χ3n) is 2.98. The van der Waals surface area contributed by atoms with Gasteiger partial charge in [0.15, 0.2) is 0 Å². The maximum absolute atomic E-state index is 13.5. The SMILES string of the molecule is CC(Nc1ccc(=O)n(C)c1)c1cc(F)c(Cl)cc1Cl. The monoisotopic (exact) mass is 314 g/mol. The maximum Gasteiger partial charge on any atom is 0.250 e. The van der Waals surface area contributed by atoms with Crippen LogP contribution >= 0.6 is 23.2 Å². The molecule has 1 heterocycles. The molecule has 1 aromatic carbocycles. The minimum Gasteiger partial charge on any atom is -0.377 e. The van der Waals surface area contributed by atoms with E-state index in [2.05, 4.69) is 5.32 Å². The van der Waals surface area contributed by atoms with E-state index in [9.17, 15) is 9.18 Å². The Bertz CT molecular complexity index is 700. The van der Waals surface area contributed by atoms with Gasteiger partial charge in [-0.25, -0.2) is 4.39 Å². The Balaban J connectivity index is 2.28. The molecule has 20 heavy (non-hydrogen) atoms. The van der Waals surface area contributed by atoms with Crippen LogP contribution in [-0.2, 0) is 7.05 Å². The van der Waals surface area contributed by atoms with E-state index in [1.165, 1.54) is 22.8 Å². The van der Waals surface area contributed by atoms with Crippen LogP contribution in [0.4, 0.5) is 10.1 Å². The van der Waals surface area contributed by atoms with Crippen molar-refractivity contribution in [1.82, 2.24) is 4.57 Å². The van der Waals surface area contributed by atoms with Crippen molar-refractivity contribution in [3.63, 3.8) is 0 Å². The van der Waals surface area contributed by atoms with Crippen LogP contribution < -0.4 is 10.9 Å². The highest BCUT2D eigenvalue weighted by Gasteiger charge is 2.13. The summed E-state index contributed by atoms with van der Waals surface area (Å²) in [4.78, 5) is 11.3. The molecule has 0 aliphatic heterocycles. The van der Waals surface area contributed by atoms with Crippen molar-refractivity contribution in [3.8, 4) is 0 Å². The summed E-state index contributed by atoms with van der Waals surface area (Å²) in [5.74, 6) is -0.514. The molecule has 2 rings (SSSR count).